The predicted octanol–water partition coefficient (Wildman–Crippen LogP) is 2.45. The molecule has 1 aliphatic heterocycles. The Labute approximate surface area is 158 Å². The average Bonchev–Trinajstić information content (AvgIpc) is 3.10. The van der Waals surface area contributed by atoms with E-state index in [0.717, 1.165) is 38.1 Å². The number of amides is 1. The van der Waals surface area contributed by atoms with Crippen molar-refractivity contribution in [2.24, 2.45) is 0 Å². The number of carbonyl (C=O) groups is 1. The molecule has 0 radical (unpaired) electrons. The zero-order chi connectivity index (χ0) is 19.4. The lowest BCUT2D eigenvalue weighted by atomic mass is 10.1. The summed E-state index contributed by atoms with van der Waals surface area (Å²) in [7, 11) is -1.95. The summed E-state index contributed by atoms with van der Waals surface area (Å²) in [6, 6.07) is 11.1. The number of anilines is 1. The normalized spacial score (nSPS) is 17.1. The lowest BCUT2D eigenvalue weighted by Crippen LogP contribution is -2.40. The molecule has 1 heterocycles. The molecule has 1 unspecified atom stereocenters. The topological polar surface area (TPSA) is 78.5 Å². The molecule has 2 N–H and O–H groups in total. The van der Waals surface area contributed by atoms with Gasteiger partial charge in [-0.15, -0.1) is 0 Å². The number of sulfonamides is 1. The number of rotatable bonds is 6. The second-order valence-corrected chi connectivity index (χ2v) is 8.17. The molecule has 1 fully saturated rings. The van der Waals surface area contributed by atoms with Crippen molar-refractivity contribution in [1.29, 1.82) is 0 Å². The van der Waals surface area contributed by atoms with Gasteiger partial charge in [0.25, 0.3) is 15.9 Å². The van der Waals surface area contributed by atoms with Gasteiger partial charge in [-0.1, -0.05) is 0 Å². The van der Waals surface area contributed by atoms with E-state index in [0.29, 0.717) is 11.3 Å². The molecule has 6 nitrogen and oxygen atoms in total. The second-order valence-electron chi connectivity index (χ2n) is 6.49. The van der Waals surface area contributed by atoms with Crippen molar-refractivity contribution < 1.29 is 17.6 Å². The van der Waals surface area contributed by atoms with Crippen molar-refractivity contribution >= 4 is 21.6 Å². The molecule has 27 heavy (non-hydrogen) atoms. The molecule has 1 atom stereocenters. The van der Waals surface area contributed by atoms with Crippen LogP contribution in [-0.4, -0.2) is 45.4 Å². The standard InChI is InChI=1S/C19H22FN3O3S/c1-21-13-17-3-2-12-23(17)19(24)14-4-8-16(9-5-14)22-27(25,26)18-10-6-15(20)7-11-18/h4-11,17,21-22H,2-3,12-13H2,1H3. The molecule has 2 aromatic rings. The summed E-state index contributed by atoms with van der Waals surface area (Å²) >= 11 is 0. The first-order valence-corrected chi connectivity index (χ1v) is 10.2. The van der Waals surface area contributed by atoms with Crippen LogP contribution in [0.3, 0.4) is 0 Å². The minimum atomic E-state index is -3.82. The third kappa shape index (κ3) is 4.45. The van der Waals surface area contributed by atoms with E-state index in [9.17, 15) is 17.6 Å². The predicted molar refractivity (Wildman–Crippen MR) is 102 cm³/mol. The van der Waals surface area contributed by atoms with Crippen molar-refractivity contribution in [3.63, 3.8) is 0 Å². The van der Waals surface area contributed by atoms with Gasteiger partial charge in [0, 0.05) is 30.4 Å². The molecule has 0 saturated carbocycles. The number of carbonyl (C=O) groups excluding carboxylic acids is 1. The van der Waals surface area contributed by atoms with Crippen LogP contribution in [0, 0.1) is 5.82 Å². The quantitative estimate of drug-likeness (QED) is 0.793. The van der Waals surface area contributed by atoms with E-state index in [1.165, 1.54) is 12.1 Å². The summed E-state index contributed by atoms with van der Waals surface area (Å²) in [5.74, 6) is -0.559. The average molecular weight is 391 g/mol. The third-order valence-corrected chi connectivity index (χ3v) is 5.98. The maximum absolute atomic E-state index is 13.0. The summed E-state index contributed by atoms with van der Waals surface area (Å²) in [4.78, 5) is 14.5. The SMILES string of the molecule is CNCC1CCCN1C(=O)c1ccc(NS(=O)(=O)c2ccc(F)cc2)cc1. The monoisotopic (exact) mass is 391 g/mol. The van der Waals surface area contributed by atoms with Crippen LogP contribution in [0.25, 0.3) is 0 Å². The van der Waals surface area contributed by atoms with Gasteiger partial charge < -0.3 is 10.2 Å². The molecule has 1 aliphatic rings. The summed E-state index contributed by atoms with van der Waals surface area (Å²) in [6.07, 6.45) is 1.95. The molecular formula is C19H22FN3O3S. The van der Waals surface area contributed by atoms with E-state index < -0.39 is 15.8 Å². The Morgan fingerprint density at radius 1 is 1.15 bits per heavy atom. The summed E-state index contributed by atoms with van der Waals surface area (Å²) in [5, 5.41) is 3.11. The Bertz CT molecular complexity index is 899. The molecule has 0 bridgehead atoms. The van der Waals surface area contributed by atoms with E-state index in [1.54, 1.807) is 24.3 Å². The Morgan fingerprint density at radius 3 is 2.44 bits per heavy atom. The molecule has 8 heteroatoms. The maximum Gasteiger partial charge on any atom is 0.261 e. The van der Waals surface area contributed by atoms with Gasteiger partial charge in [0.2, 0.25) is 0 Å². The van der Waals surface area contributed by atoms with Crippen LogP contribution in [0.15, 0.2) is 53.4 Å². The summed E-state index contributed by atoms with van der Waals surface area (Å²) < 4.78 is 40.1. The van der Waals surface area contributed by atoms with Crippen molar-refractivity contribution in [1.82, 2.24) is 10.2 Å². The molecule has 144 valence electrons. The van der Waals surface area contributed by atoms with Gasteiger partial charge in [-0.25, -0.2) is 12.8 Å². The maximum atomic E-state index is 13.0. The molecule has 1 amide bonds. The fraction of sp³-hybridized carbons (Fsp3) is 0.316. The number of hydrogen-bond donors (Lipinski definition) is 2. The Kier molecular flexibility index (Phi) is 5.76. The largest absolute Gasteiger partial charge is 0.334 e. The van der Waals surface area contributed by atoms with Gasteiger partial charge in [-0.2, -0.15) is 0 Å². The first-order chi connectivity index (χ1) is 12.9. The molecule has 3 rings (SSSR count). The highest BCUT2D eigenvalue weighted by Gasteiger charge is 2.28. The van der Waals surface area contributed by atoms with E-state index in [-0.39, 0.29) is 16.8 Å². The fourth-order valence-corrected chi connectivity index (χ4v) is 4.28. The number of nitrogens with one attached hydrogen (secondary N) is 2. The molecule has 2 aromatic carbocycles. The van der Waals surface area contributed by atoms with Gasteiger partial charge in [0.05, 0.1) is 4.90 Å². The summed E-state index contributed by atoms with van der Waals surface area (Å²) in [5.41, 5.74) is 0.854. The van der Waals surface area contributed by atoms with Crippen molar-refractivity contribution in [3.8, 4) is 0 Å². The number of halogens is 1. The van der Waals surface area contributed by atoms with Crippen LogP contribution in [0.5, 0.6) is 0 Å². The van der Waals surface area contributed by atoms with Gasteiger partial charge in [-0.3, -0.25) is 9.52 Å². The smallest absolute Gasteiger partial charge is 0.261 e. The molecule has 0 aromatic heterocycles. The van der Waals surface area contributed by atoms with E-state index in [4.69, 9.17) is 0 Å². The fourth-order valence-electron chi connectivity index (χ4n) is 3.23. The molecule has 0 spiro atoms. The highest BCUT2D eigenvalue weighted by Crippen LogP contribution is 2.22. The second kappa shape index (κ2) is 8.06. The molecule has 1 saturated heterocycles. The van der Waals surface area contributed by atoms with Crippen LogP contribution in [0.4, 0.5) is 10.1 Å². The van der Waals surface area contributed by atoms with Crippen molar-refractivity contribution in [2.75, 3.05) is 24.9 Å². The minimum Gasteiger partial charge on any atom is -0.334 e. The summed E-state index contributed by atoms with van der Waals surface area (Å²) in [6.45, 7) is 1.48. The number of likely N-dealkylation sites (N-methyl/N-ethyl adjacent to an activating group) is 1. The highest BCUT2D eigenvalue weighted by molar-refractivity contribution is 7.92. The number of hydrogen-bond acceptors (Lipinski definition) is 4. The molecule has 0 aliphatic carbocycles. The Balaban J connectivity index is 1.71. The van der Waals surface area contributed by atoms with Gasteiger partial charge >= 0.3 is 0 Å². The minimum absolute atomic E-state index is 0.0315. The Hall–Kier alpha value is -2.45. The van der Waals surface area contributed by atoms with E-state index >= 15 is 0 Å². The van der Waals surface area contributed by atoms with Gasteiger partial charge in [0.1, 0.15) is 5.82 Å². The van der Waals surface area contributed by atoms with E-state index in [1.807, 2.05) is 11.9 Å². The zero-order valence-electron chi connectivity index (χ0n) is 15.0. The Morgan fingerprint density at radius 2 is 1.81 bits per heavy atom. The van der Waals surface area contributed by atoms with Crippen LogP contribution in [-0.2, 0) is 10.0 Å². The lowest BCUT2D eigenvalue weighted by Gasteiger charge is -2.24. The molecular weight excluding hydrogens is 369 g/mol. The number of likely N-dealkylation sites (tertiary alicyclic amines) is 1. The van der Waals surface area contributed by atoms with Crippen molar-refractivity contribution in [2.45, 2.75) is 23.8 Å². The number of benzene rings is 2. The van der Waals surface area contributed by atoms with Gasteiger partial charge in [0.15, 0.2) is 0 Å². The van der Waals surface area contributed by atoms with Crippen LogP contribution in [0.2, 0.25) is 0 Å². The lowest BCUT2D eigenvalue weighted by molar-refractivity contribution is 0.0737. The van der Waals surface area contributed by atoms with Crippen LogP contribution < -0.4 is 10.0 Å². The van der Waals surface area contributed by atoms with Crippen LogP contribution >= 0.6 is 0 Å². The first kappa shape index (κ1) is 19.3. The zero-order valence-corrected chi connectivity index (χ0v) is 15.8. The highest BCUT2D eigenvalue weighted by atomic mass is 32.2. The van der Waals surface area contributed by atoms with E-state index in [2.05, 4.69) is 10.0 Å². The van der Waals surface area contributed by atoms with Crippen LogP contribution in [0.1, 0.15) is 23.2 Å². The van der Waals surface area contributed by atoms with Gasteiger partial charge in [-0.05, 0) is 68.4 Å². The third-order valence-electron chi connectivity index (χ3n) is 4.59. The van der Waals surface area contributed by atoms with Crippen molar-refractivity contribution in [3.05, 3.63) is 59.9 Å². The first-order valence-electron chi connectivity index (χ1n) is 8.75. The number of nitrogens with zero attached hydrogens (tertiary/aromatic N) is 1.